The maximum atomic E-state index is 11.6. The number of carbonyl (C=O) groups is 1. The molecule has 0 aromatic heterocycles. The van der Waals surface area contributed by atoms with Gasteiger partial charge in [-0.05, 0) is 35.4 Å². The van der Waals surface area contributed by atoms with Gasteiger partial charge in [-0.3, -0.25) is 0 Å². The number of carboxylic acid groups (broad SMARTS) is 1. The van der Waals surface area contributed by atoms with Crippen molar-refractivity contribution < 1.29 is 50.0 Å². The van der Waals surface area contributed by atoms with Crippen LogP contribution in [0.3, 0.4) is 0 Å². The zero-order chi connectivity index (χ0) is 22.8. The number of aliphatic hydroxyl groups excluding tert-OH is 1. The SMILES string of the molecule is O=C(O)C1(O)C[C@@H](OCc2ccc(O)c(O)c2)C(O)[C@H](OCc2ccc(O)c(O)c2)C1. The van der Waals surface area contributed by atoms with Gasteiger partial charge in [0.2, 0.25) is 0 Å². The average molecular weight is 436 g/mol. The normalized spacial score (nSPS) is 25.9. The summed E-state index contributed by atoms with van der Waals surface area (Å²) in [5.41, 5.74) is -1.27. The zero-order valence-corrected chi connectivity index (χ0v) is 16.4. The lowest BCUT2D eigenvalue weighted by Crippen LogP contribution is -2.57. The molecule has 1 fully saturated rings. The number of rotatable bonds is 7. The standard InChI is InChI=1S/C21H24O10/c22-13-3-1-11(5-15(13)24)9-30-17-7-21(29,20(27)28)8-18(19(17)26)31-10-12-2-4-14(23)16(25)6-12/h1-6,17-19,22-26,29H,7-10H2,(H,27,28)/t17-,18-,19?,21?/m1/s1. The Kier molecular flexibility index (Phi) is 6.56. The first-order chi connectivity index (χ1) is 14.6. The van der Waals surface area contributed by atoms with Crippen molar-refractivity contribution >= 4 is 5.97 Å². The number of ether oxygens (including phenoxy) is 2. The highest BCUT2D eigenvalue weighted by Gasteiger charge is 2.50. The van der Waals surface area contributed by atoms with Crippen molar-refractivity contribution in [2.45, 2.75) is 50.0 Å². The fourth-order valence-corrected chi connectivity index (χ4v) is 3.44. The third kappa shape index (κ3) is 5.17. The molecule has 1 saturated carbocycles. The third-order valence-corrected chi connectivity index (χ3v) is 5.25. The number of carboxylic acids is 1. The second kappa shape index (κ2) is 8.98. The van der Waals surface area contributed by atoms with Gasteiger partial charge in [-0.1, -0.05) is 12.1 Å². The van der Waals surface area contributed by atoms with Crippen molar-refractivity contribution in [1.82, 2.24) is 0 Å². The van der Waals surface area contributed by atoms with E-state index in [-0.39, 0.29) is 49.1 Å². The first-order valence-electron chi connectivity index (χ1n) is 9.48. The minimum absolute atomic E-state index is 0.121. The van der Waals surface area contributed by atoms with Crippen LogP contribution >= 0.6 is 0 Å². The van der Waals surface area contributed by atoms with Gasteiger partial charge in [0.1, 0.15) is 6.10 Å². The maximum absolute atomic E-state index is 11.6. The Bertz CT molecular complexity index is 878. The molecule has 0 aliphatic heterocycles. The van der Waals surface area contributed by atoms with Crippen molar-refractivity contribution in [2.24, 2.45) is 0 Å². The molecule has 0 radical (unpaired) electrons. The number of phenolic OH excluding ortho intramolecular Hbond substituents is 4. The number of hydrogen-bond acceptors (Lipinski definition) is 9. The Labute approximate surface area is 177 Å². The lowest BCUT2D eigenvalue weighted by atomic mass is 9.79. The van der Waals surface area contributed by atoms with Crippen LogP contribution in [0.15, 0.2) is 36.4 Å². The molecule has 1 aliphatic carbocycles. The van der Waals surface area contributed by atoms with Gasteiger partial charge < -0.3 is 45.2 Å². The fraction of sp³-hybridized carbons (Fsp3) is 0.381. The van der Waals surface area contributed by atoms with E-state index >= 15 is 0 Å². The minimum atomic E-state index is -2.19. The zero-order valence-electron chi connectivity index (χ0n) is 16.4. The van der Waals surface area contributed by atoms with E-state index in [1.54, 1.807) is 0 Å². The molecule has 2 atom stereocenters. The van der Waals surface area contributed by atoms with E-state index in [1.165, 1.54) is 36.4 Å². The summed E-state index contributed by atoms with van der Waals surface area (Å²) < 4.78 is 11.2. The molecule has 0 heterocycles. The molecule has 10 nitrogen and oxygen atoms in total. The van der Waals surface area contributed by atoms with Crippen molar-refractivity contribution in [3.05, 3.63) is 47.5 Å². The molecule has 168 valence electrons. The van der Waals surface area contributed by atoms with Crippen molar-refractivity contribution in [2.75, 3.05) is 0 Å². The Morgan fingerprint density at radius 2 is 1.26 bits per heavy atom. The van der Waals surface area contributed by atoms with Crippen LogP contribution in [0.4, 0.5) is 0 Å². The molecular weight excluding hydrogens is 412 g/mol. The van der Waals surface area contributed by atoms with Gasteiger partial charge in [0.05, 0.1) is 25.4 Å². The van der Waals surface area contributed by atoms with E-state index in [0.29, 0.717) is 11.1 Å². The molecule has 0 unspecified atom stereocenters. The van der Waals surface area contributed by atoms with Crippen LogP contribution in [0.2, 0.25) is 0 Å². The molecule has 10 heteroatoms. The van der Waals surface area contributed by atoms with Gasteiger partial charge in [-0.25, -0.2) is 4.79 Å². The monoisotopic (exact) mass is 436 g/mol. The van der Waals surface area contributed by atoms with Crippen molar-refractivity contribution in [3.63, 3.8) is 0 Å². The molecule has 0 amide bonds. The molecule has 7 N–H and O–H groups in total. The van der Waals surface area contributed by atoms with E-state index < -0.39 is 29.9 Å². The molecular formula is C21H24O10. The van der Waals surface area contributed by atoms with E-state index in [0.717, 1.165) is 0 Å². The topological polar surface area (TPSA) is 177 Å². The van der Waals surface area contributed by atoms with Crippen LogP contribution in [0.25, 0.3) is 0 Å². The van der Waals surface area contributed by atoms with Gasteiger partial charge in [0, 0.05) is 12.8 Å². The molecule has 1 aliphatic rings. The molecule has 31 heavy (non-hydrogen) atoms. The summed E-state index contributed by atoms with van der Waals surface area (Å²) in [6.07, 6.45) is -4.22. The maximum Gasteiger partial charge on any atom is 0.335 e. The first-order valence-corrected chi connectivity index (χ1v) is 9.48. The molecule has 2 aromatic carbocycles. The number of aliphatic hydroxyl groups is 2. The Balaban J connectivity index is 1.71. The van der Waals surface area contributed by atoms with Crippen molar-refractivity contribution in [3.8, 4) is 23.0 Å². The average Bonchev–Trinajstić information content (AvgIpc) is 2.72. The minimum Gasteiger partial charge on any atom is -0.504 e. The number of hydrogen-bond donors (Lipinski definition) is 7. The highest BCUT2D eigenvalue weighted by molar-refractivity contribution is 5.77. The van der Waals surface area contributed by atoms with E-state index in [4.69, 9.17) is 9.47 Å². The van der Waals surface area contributed by atoms with Gasteiger partial charge >= 0.3 is 5.97 Å². The van der Waals surface area contributed by atoms with Gasteiger partial charge in [0.15, 0.2) is 28.6 Å². The molecule has 2 aromatic rings. The summed E-state index contributed by atoms with van der Waals surface area (Å²) >= 11 is 0. The van der Waals surface area contributed by atoms with Crippen LogP contribution in [0.1, 0.15) is 24.0 Å². The van der Waals surface area contributed by atoms with Crippen LogP contribution < -0.4 is 0 Å². The summed E-state index contributed by atoms with van der Waals surface area (Å²) in [4.78, 5) is 11.6. The number of aliphatic carboxylic acids is 1. The smallest absolute Gasteiger partial charge is 0.335 e. The van der Waals surface area contributed by atoms with Gasteiger partial charge in [-0.15, -0.1) is 0 Å². The van der Waals surface area contributed by atoms with Gasteiger partial charge in [0.25, 0.3) is 0 Å². The summed E-state index contributed by atoms with van der Waals surface area (Å²) in [7, 11) is 0. The van der Waals surface area contributed by atoms with Crippen molar-refractivity contribution in [1.29, 1.82) is 0 Å². The third-order valence-electron chi connectivity index (χ3n) is 5.25. The highest BCUT2D eigenvalue weighted by atomic mass is 16.5. The summed E-state index contributed by atoms with van der Waals surface area (Å²) in [6, 6.07) is 8.02. The largest absolute Gasteiger partial charge is 0.504 e. The second-order valence-corrected chi connectivity index (χ2v) is 7.58. The van der Waals surface area contributed by atoms with E-state index in [9.17, 15) is 40.5 Å². The summed E-state index contributed by atoms with van der Waals surface area (Å²) in [5, 5.41) is 68.6. The number of phenols is 4. The molecule has 0 spiro atoms. The van der Waals surface area contributed by atoms with Crippen LogP contribution in [-0.4, -0.2) is 65.6 Å². The Morgan fingerprint density at radius 3 is 1.61 bits per heavy atom. The first kappa shape index (κ1) is 22.6. The van der Waals surface area contributed by atoms with E-state index in [1.807, 2.05) is 0 Å². The highest BCUT2D eigenvalue weighted by Crippen LogP contribution is 2.35. The Morgan fingerprint density at radius 1 is 0.839 bits per heavy atom. The lowest BCUT2D eigenvalue weighted by Gasteiger charge is -2.41. The lowest BCUT2D eigenvalue weighted by molar-refractivity contribution is -0.205. The van der Waals surface area contributed by atoms with Gasteiger partial charge in [-0.2, -0.15) is 0 Å². The fourth-order valence-electron chi connectivity index (χ4n) is 3.44. The number of benzene rings is 2. The van der Waals surface area contributed by atoms with E-state index in [2.05, 4.69) is 0 Å². The predicted molar refractivity (Wildman–Crippen MR) is 105 cm³/mol. The molecule has 0 saturated heterocycles. The summed E-state index contributed by atoms with van der Waals surface area (Å²) in [5.74, 6) is -2.81. The second-order valence-electron chi connectivity index (χ2n) is 7.58. The molecule has 0 bridgehead atoms. The Hall–Kier alpha value is -3.05. The van der Waals surface area contributed by atoms with Crippen LogP contribution in [0.5, 0.6) is 23.0 Å². The number of aromatic hydroxyl groups is 4. The quantitative estimate of drug-likeness (QED) is 0.309. The summed E-state index contributed by atoms with van der Waals surface area (Å²) in [6.45, 7) is -0.242. The van der Waals surface area contributed by atoms with Crippen LogP contribution in [0, 0.1) is 0 Å². The predicted octanol–water partition coefficient (Wildman–Crippen LogP) is 0.950. The van der Waals surface area contributed by atoms with Crippen LogP contribution in [-0.2, 0) is 27.5 Å². The molecule has 3 rings (SSSR count).